The van der Waals surface area contributed by atoms with E-state index in [9.17, 15) is 5.11 Å². The first kappa shape index (κ1) is 14.7. The number of nitrogens with one attached hydrogen (secondary N) is 1. The zero-order chi connectivity index (χ0) is 14.4. The van der Waals surface area contributed by atoms with E-state index in [4.69, 9.17) is 16.3 Å². The molecule has 20 heavy (non-hydrogen) atoms. The summed E-state index contributed by atoms with van der Waals surface area (Å²) in [5.74, 6) is 0.766. The summed E-state index contributed by atoms with van der Waals surface area (Å²) in [6.07, 6.45) is -0.605. The number of ether oxygens (including phenoxy) is 1. The Morgan fingerprint density at radius 2 is 2.00 bits per heavy atom. The maximum Gasteiger partial charge on any atom is 0.119 e. The summed E-state index contributed by atoms with van der Waals surface area (Å²) in [6, 6.07) is 15.2. The van der Waals surface area contributed by atoms with Gasteiger partial charge in [-0.1, -0.05) is 35.9 Å². The standard InChI is InChI=1S/C16H18ClNO2/c1-12-5-4-6-14(9-12)20-11-13(19)10-18-16-8-3-2-7-15(16)17/h2-9,13,18-19H,10-11H2,1H3. The van der Waals surface area contributed by atoms with Crippen molar-refractivity contribution in [3.8, 4) is 5.75 Å². The minimum Gasteiger partial charge on any atom is -0.491 e. The van der Waals surface area contributed by atoms with Crippen LogP contribution in [0.15, 0.2) is 48.5 Å². The molecule has 2 N–H and O–H groups in total. The molecule has 2 rings (SSSR count). The second-order valence-corrected chi connectivity index (χ2v) is 5.05. The van der Waals surface area contributed by atoms with Crippen molar-refractivity contribution in [2.45, 2.75) is 13.0 Å². The first-order valence-electron chi connectivity index (χ1n) is 6.51. The number of hydrogen-bond donors (Lipinski definition) is 2. The number of hydrogen-bond acceptors (Lipinski definition) is 3. The number of benzene rings is 2. The van der Waals surface area contributed by atoms with E-state index in [1.165, 1.54) is 0 Å². The zero-order valence-corrected chi connectivity index (χ0v) is 12.1. The molecule has 0 spiro atoms. The van der Waals surface area contributed by atoms with Crippen LogP contribution < -0.4 is 10.1 Å². The van der Waals surface area contributed by atoms with Gasteiger partial charge in [0, 0.05) is 6.54 Å². The fourth-order valence-corrected chi connectivity index (χ4v) is 1.99. The van der Waals surface area contributed by atoms with Gasteiger partial charge in [-0.2, -0.15) is 0 Å². The minimum absolute atomic E-state index is 0.237. The average Bonchev–Trinajstić information content (AvgIpc) is 2.44. The molecule has 0 aliphatic rings. The lowest BCUT2D eigenvalue weighted by atomic mass is 10.2. The molecule has 0 heterocycles. The summed E-state index contributed by atoms with van der Waals surface area (Å²) in [5.41, 5.74) is 1.94. The summed E-state index contributed by atoms with van der Waals surface area (Å²) in [6.45, 7) is 2.62. The average molecular weight is 292 g/mol. The van der Waals surface area contributed by atoms with E-state index in [0.717, 1.165) is 17.0 Å². The molecule has 1 atom stereocenters. The number of anilines is 1. The molecule has 2 aromatic carbocycles. The Hall–Kier alpha value is -1.71. The Morgan fingerprint density at radius 1 is 1.20 bits per heavy atom. The molecule has 0 radical (unpaired) electrons. The molecule has 0 fully saturated rings. The fourth-order valence-electron chi connectivity index (χ4n) is 1.79. The third-order valence-corrected chi connectivity index (χ3v) is 3.16. The zero-order valence-electron chi connectivity index (χ0n) is 11.3. The van der Waals surface area contributed by atoms with E-state index < -0.39 is 6.10 Å². The highest BCUT2D eigenvalue weighted by atomic mass is 35.5. The molecule has 3 nitrogen and oxygen atoms in total. The summed E-state index contributed by atoms with van der Waals surface area (Å²) in [4.78, 5) is 0. The summed E-state index contributed by atoms with van der Waals surface area (Å²) < 4.78 is 5.54. The van der Waals surface area contributed by atoms with Gasteiger partial charge in [0.15, 0.2) is 0 Å². The van der Waals surface area contributed by atoms with Crippen LogP contribution in [-0.2, 0) is 0 Å². The Bertz CT molecular complexity index is 560. The van der Waals surface area contributed by atoms with Crippen LogP contribution >= 0.6 is 11.6 Å². The predicted octanol–water partition coefficient (Wildman–Crippen LogP) is 3.50. The SMILES string of the molecule is Cc1cccc(OCC(O)CNc2ccccc2Cl)c1. The smallest absolute Gasteiger partial charge is 0.119 e. The lowest BCUT2D eigenvalue weighted by molar-refractivity contribution is 0.117. The van der Waals surface area contributed by atoms with Crippen molar-refractivity contribution >= 4 is 17.3 Å². The van der Waals surface area contributed by atoms with E-state index >= 15 is 0 Å². The van der Waals surface area contributed by atoms with Crippen LogP contribution in [0.25, 0.3) is 0 Å². The number of aliphatic hydroxyl groups excluding tert-OH is 1. The number of para-hydroxylation sites is 1. The Kier molecular flexibility index (Phi) is 5.27. The van der Waals surface area contributed by atoms with Crippen LogP contribution in [-0.4, -0.2) is 24.4 Å². The maximum atomic E-state index is 9.90. The van der Waals surface area contributed by atoms with Crippen molar-refractivity contribution in [2.24, 2.45) is 0 Å². The van der Waals surface area contributed by atoms with E-state index in [1.807, 2.05) is 49.4 Å². The molecule has 106 valence electrons. The van der Waals surface area contributed by atoms with E-state index in [0.29, 0.717) is 11.6 Å². The molecule has 4 heteroatoms. The predicted molar refractivity (Wildman–Crippen MR) is 82.6 cm³/mol. The van der Waals surface area contributed by atoms with Crippen molar-refractivity contribution in [3.05, 3.63) is 59.1 Å². The topological polar surface area (TPSA) is 41.5 Å². The van der Waals surface area contributed by atoms with E-state index in [2.05, 4.69) is 5.32 Å². The maximum absolute atomic E-state index is 9.90. The lowest BCUT2D eigenvalue weighted by Crippen LogP contribution is -2.26. The highest BCUT2D eigenvalue weighted by Gasteiger charge is 2.06. The summed E-state index contributed by atoms with van der Waals surface area (Å²) >= 11 is 6.02. The van der Waals surface area contributed by atoms with E-state index in [-0.39, 0.29) is 6.61 Å². The van der Waals surface area contributed by atoms with Crippen LogP contribution in [0.3, 0.4) is 0 Å². The van der Waals surface area contributed by atoms with Crippen molar-refractivity contribution in [2.75, 3.05) is 18.5 Å². The first-order chi connectivity index (χ1) is 9.65. The van der Waals surface area contributed by atoms with Gasteiger partial charge in [-0.15, -0.1) is 0 Å². The Balaban J connectivity index is 1.78. The largest absolute Gasteiger partial charge is 0.491 e. The van der Waals surface area contributed by atoms with Crippen molar-refractivity contribution in [1.82, 2.24) is 0 Å². The van der Waals surface area contributed by atoms with Gasteiger partial charge in [-0.05, 0) is 36.8 Å². The lowest BCUT2D eigenvalue weighted by Gasteiger charge is -2.15. The van der Waals surface area contributed by atoms with Gasteiger partial charge in [0.1, 0.15) is 18.5 Å². The first-order valence-corrected chi connectivity index (χ1v) is 6.89. The normalized spacial score (nSPS) is 11.9. The summed E-state index contributed by atoms with van der Waals surface area (Å²) in [7, 11) is 0. The quantitative estimate of drug-likeness (QED) is 0.856. The van der Waals surface area contributed by atoms with Gasteiger partial charge in [-0.25, -0.2) is 0 Å². The van der Waals surface area contributed by atoms with Gasteiger partial charge in [0.05, 0.1) is 10.7 Å². The molecule has 0 saturated carbocycles. The second-order valence-electron chi connectivity index (χ2n) is 4.64. The van der Waals surface area contributed by atoms with Crippen molar-refractivity contribution in [1.29, 1.82) is 0 Å². The molecule has 2 aromatic rings. The monoisotopic (exact) mass is 291 g/mol. The molecule has 0 bridgehead atoms. The Morgan fingerprint density at radius 3 is 2.75 bits per heavy atom. The number of rotatable bonds is 6. The molecule has 0 aromatic heterocycles. The van der Waals surface area contributed by atoms with Gasteiger partial charge >= 0.3 is 0 Å². The van der Waals surface area contributed by atoms with Gasteiger partial charge in [0.25, 0.3) is 0 Å². The second kappa shape index (κ2) is 7.17. The highest BCUT2D eigenvalue weighted by Crippen LogP contribution is 2.20. The van der Waals surface area contributed by atoms with Gasteiger partial charge in [-0.3, -0.25) is 0 Å². The molecule has 0 aliphatic carbocycles. The third-order valence-electron chi connectivity index (χ3n) is 2.83. The molecule has 0 amide bonds. The van der Waals surface area contributed by atoms with Crippen LogP contribution in [0, 0.1) is 6.92 Å². The third kappa shape index (κ3) is 4.44. The van der Waals surface area contributed by atoms with Gasteiger partial charge in [0.2, 0.25) is 0 Å². The molecule has 1 unspecified atom stereocenters. The number of aryl methyl sites for hydroxylation is 1. The van der Waals surface area contributed by atoms with Crippen LogP contribution in [0.5, 0.6) is 5.75 Å². The van der Waals surface area contributed by atoms with Gasteiger partial charge < -0.3 is 15.2 Å². The van der Waals surface area contributed by atoms with Crippen molar-refractivity contribution in [3.63, 3.8) is 0 Å². The van der Waals surface area contributed by atoms with Crippen LogP contribution in [0.1, 0.15) is 5.56 Å². The van der Waals surface area contributed by atoms with Crippen molar-refractivity contribution < 1.29 is 9.84 Å². The van der Waals surface area contributed by atoms with Crippen LogP contribution in [0.4, 0.5) is 5.69 Å². The molecular formula is C16H18ClNO2. The fraction of sp³-hybridized carbons (Fsp3) is 0.250. The molecule has 0 aliphatic heterocycles. The summed E-state index contributed by atoms with van der Waals surface area (Å²) in [5, 5.41) is 13.6. The van der Waals surface area contributed by atoms with E-state index in [1.54, 1.807) is 6.07 Å². The minimum atomic E-state index is -0.605. The highest BCUT2D eigenvalue weighted by molar-refractivity contribution is 6.33. The number of halogens is 1. The van der Waals surface area contributed by atoms with Crippen LogP contribution in [0.2, 0.25) is 5.02 Å². The Labute approximate surface area is 124 Å². The molecular weight excluding hydrogens is 274 g/mol. The number of aliphatic hydroxyl groups is 1. The molecule has 0 saturated heterocycles.